The number of hydrogen-bond acceptors (Lipinski definition) is 0. The molecule has 0 aliphatic carbocycles. The Kier molecular flexibility index (Phi) is 4.89. The third-order valence-corrected chi connectivity index (χ3v) is 7.98. The van der Waals surface area contributed by atoms with Gasteiger partial charge in [-0.15, -0.1) is 0 Å². The molecule has 39 heavy (non-hydrogen) atoms. The van der Waals surface area contributed by atoms with Crippen molar-refractivity contribution in [3.05, 3.63) is 152 Å². The summed E-state index contributed by atoms with van der Waals surface area (Å²) in [6.07, 6.45) is 0. The average Bonchev–Trinajstić information content (AvgIpc) is 3.36. The molecule has 1 heterocycles. The van der Waals surface area contributed by atoms with E-state index in [1.165, 1.54) is 71.3 Å². The molecular formula is C38H25N. The minimum Gasteiger partial charge on any atom is -0.309 e. The summed E-state index contributed by atoms with van der Waals surface area (Å²) >= 11 is 0. The number of hydrogen-bond donors (Lipinski definition) is 0. The van der Waals surface area contributed by atoms with Crippen molar-refractivity contribution in [3.8, 4) is 27.9 Å². The van der Waals surface area contributed by atoms with Crippen LogP contribution in [0.1, 0.15) is 0 Å². The van der Waals surface area contributed by atoms with Crippen molar-refractivity contribution >= 4 is 43.4 Å². The van der Waals surface area contributed by atoms with Gasteiger partial charge < -0.3 is 4.57 Å². The van der Waals surface area contributed by atoms with Crippen LogP contribution in [-0.4, -0.2) is 4.57 Å². The molecule has 0 radical (unpaired) electrons. The highest BCUT2D eigenvalue weighted by molar-refractivity contribution is 6.15. The fourth-order valence-electron chi connectivity index (χ4n) is 6.22. The lowest BCUT2D eigenvalue weighted by molar-refractivity contribution is 1.18. The fourth-order valence-corrected chi connectivity index (χ4v) is 6.22. The number of fused-ring (bicyclic) bond motifs is 6. The van der Waals surface area contributed by atoms with E-state index >= 15 is 0 Å². The first-order valence-electron chi connectivity index (χ1n) is 13.5. The Morgan fingerprint density at radius 2 is 0.949 bits per heavy atom. The maximum atomic E-state index is 2.41. The SMILES string of the molecule is c1ccc(-n2c3ccccc3c3cccc(-c4ccc(-c5cc6ccccc6c6ccccc56)cc4)c32)cc1. The molecule has 0 N–H and O–H groups in total. The van der Waals surface area contributed by atoms with Crippen LogP contribution in [0.25, 0.3) is 71.3 Å². The number of aromatic nitrogens is 1. The van der Waals surface area contributed by atoms with E-state index in [9.17, 15) is 0 Å². The first-order chi connectivity index (χ1) is 19.4. The van der Waals surface area contributed by atoms with Crippen LogP contribution in [0.2, 0.25) is 0 Å². The van der Waals surface area contributed by atoms with Crippen molar-refractivity contribution in [2.75, 3.05) is 0 Å². The third kappa shape index (κ3) is 3.41. The highest BCUT2D eigenvalue weighted by atomic mass is 15.0. The molecule has 0 bridgehead atoms. The molecule has 0 aliphatic rings. The summed E-state index contributed by atoms with van der Waals surface area (Å²) in [6, 6.07) is 54.9. The molecule has 0 fully saturated rings. The Labute approximate surface area is 227 Å². The number of para-hydroxylation sites is 3. The smallest absolute Gasteiger partial charge is 0.0619 e. The van der Waals surface area contributed by atoms with Gasteiger partial charge in [0.25, 0.3) is 0 Å². The molecule has 0 spiro atoms. The quantitative estimate of drug-likeness (QED) is 0.215. The zero-order chi connectivity index (χ0) is 25.8. The Bertz CT molecular complexity index is 2150. The van der Waals surface area contributed by atoms with Crippen molar-refractivity contribution in [1.29, 1.82) is 0 Å². The zero-order valence-electron chi connectivity index (χ0n) is 21.4. The van der Waals surface area contributed by atoms with Crippen LogP contribution >= 0.6 is 0 Å². The number of rotatable bonds is 3. The minimum absolute atomic E-state index is 1.18. The first-order valence-corrected chi connectivity index (χ1v) is 13.5. The molecule has 7 aromatic carbocycles. The molecule has 182 valence electrons. The Hall–Kier alpha value is -5.14. The molecule has 1 nitrogen and oxygen atoms in total. The zero-order valence-corrected chi connectivity index (χ0v) is 21.4. The molecule has 0 saturated heterocycles. The summed E-state index contributed by atoms with van der Waals surface area (Å²) in [7, 11) is 0. The predicted molar refractivity (Wildman–Crippen MR) is 167 cm³/mol. The van der Waals surface area contributed by atoms with E-state index < -0.39 is 0 Å². The first kappa shape index (κ1) is 21.9. The third-order valence-electron chi connectivity index (χ3n) is 7.98. The van der Waals surface area contributed by atoms with Crippen LogP contribution in [0.15, 0.2) is 152 Å². The van der Waals surface area contributed by atoms with Crippen LogP contribution in [0.3, 0.4) is 0 Å². The Balaban J connectivity index is 1.34. The molecule has 1 heteroatoms. The lowest BCUT2D eigenvalue weighted by Gasteiger charge is -2.13. The monoisotopic (exact) mass is 495 g/mol. The Morgan fingerprint density at radius 3 is 1.74 bits per heavy atom. The van der Waals surface area contributed by atoms with E-state index in [-0.39, 0.29) is 0 Å². The summed E-state index contributed by atoms with van der Waals surface area (Å²) in [5.74, 6) is 0. The summed E-state index contributed by atoms with van der Waals surface area (Å²) in [4.78, 5) is 0. The lowest BCUT2D eigenvalue weighted by Crippen LogP contribution is -1.95. The molecule has 0 amide bonds. The Morgan fingerprint density at radius 1 is 0.359 bits per heavy atom. The normalized spacial score (nSPS) is 11.6. The van der Waals surface area contributed by atoms with Gasteiger partial charge in [-0.05, 0) is 62.5 Å². The van der Waals surface area contributed by atoms with Gasteiger partial charge in [-0.25, -0.2) is 0 Å². The van der Waals surface area contributed by atoms with Gasteiger partial charge in [-0.2, -0.15) is 0 Å². The van der Waals surface area contributed by atoms with Crippen molar-refractivity contribution < 1.29 is 0 Å². The van der Waals surface area contributed by atoms with Crippen molar-refractivity contribution in [3.63, 3.8) is 0 Å². The van der Waals surface area contributed by atoms with Crippen LogP contribution < -0.4 is 0 Å². The number of benzene rings is 7. The van der Waals surface area contributed by atoms with Crippen molar-refractivity contribution in [2.45, 2.75) is 0 Å². The van der Waals surface area contributed by atoms with Crippen molar-refractivity contribution in [2.24, 2.45) is 0 Å². The molecule has 8 rings (SSSR count). The maximum absolute atomic E-state index is 2.41. The van der Waals surface area contributed by atoms with Gasteiger partial charge in [-0.3, -0.25) is 0 Å². The molecule has 0 aliphatic heterocycles. The molecule has 8 aromatic rings. The second-order valence-corrected chi connectivity index (χ2v) is 10.2. The van der Waals surface area contributed by atoms with E-state index in [0.717, 1.165) is 0 Å². The standard InChI is InChI=1S/C38H25N/c1-2-12-29(13-3-1)39-37-20-9-8-17-34(37)35-19-10-18-31(38(35)39)26-21-23-27(24-22-26)36-25-28-11-4-5-14-30(28)32-15-6-7-16-33(32)36/h1-25H. The van der Waals surface area contributed by atoms with Crippen LogP contribution in [0, 0.1) is 0 Å². The van der Waals surface area contributed by atoms with Gasteiger partial charge >= 0.3 is 0 Å². The van der Waals surface area contributed by atoms with E-state index in [1.54, 1.807) is 0 Å². The second kappa shape index (κ2) is 8.72. The van der Waals surface area contributed by atoms with Crippen molar-refractivity contribution in [1.82, 2.24) is 4.57 Å². The van der Waals surface area contributed by atoms with E-state index in [2.05, 4.69) is 156 Å². The fraction of sp³-hybridized carbons (Fsp3) is 0. The summed E-state index contributed by atoms with van der Waals surface area (Å²) in [5, 5.41) is 7.71. The molecule has 0 unspecified atom stereocenters. The summed E-state index contributed by atoms with van der Waals surface area (Å²) in [6.45, 7) is 0. The lowest BCUT2D eigenvalue weighted by atomic mass is 9.92. The van der Waals surface area contributed by atoms with Crippen LogP contribution in [0.5, 0.6) is 0 Å². The van der Waals surface area contributed by atoms with E-state index in [1.807, 2.05) is 0 Å². The highest BCUT2D eigenvalue weighted by Gasteiger charge is 2.16. The maximum Gasteiger partial charge on any atom is 0.0619 e. The van der Waals surface area contributed by atoms with Crippen LogP contribution in [0.4, 0.5) is 0 Å². The van der Waals surface area contributed by atoms with E-state index in [4.69, 9.17) is 0 Å². The number of nitrogens with zero attached hydrogens (tertiary/aromatic N) is 1. The molecule has 0 atom stereocenters. The van der Waals surface area contributed by atoms with Gasteiger partial charge in [0.2, 0.25) is 0 Å². The summed E-state index contributed by atoms with van der Waals surface area (Å²) in [5.41, 5.74) is 8.61. The summed E-state index contributed by atoms with van der Waals surface area (Å²) < 4.78 is 2.41. The average molecular weight is 496 g/mol. The molecule has 0 saturated carbocycles. The van der Waals surface area contributed by atoms with Gasteiger partial charge in [-0.1, -0.05) is 127 Å². The van der Waals surface area contributed by atoms with E-state index in [0.29, 0.717) is 0 Å². The van der Waals surface area contributed by atoms with Gasteiger partial charge in [0.15, 0.2) is 0 Å². The predicted octanol–water partition coefficient (Wildman–Crippen LogP) is 10.4. The van der Waals surface area contributed by atoms with Crippen LogP contribution in [-0.2, 0) is 0 Å². The second-order valence-electron chi connectivity index (χ2n) is 10.2. The largest absolute Gasteiger partial charge is 0.309 e. The van der Waals surface area contributed by atoms with Gasteiger partial charge in [0.1, 0.15) is 0 Å². The van der Waals surface area contributed by atoms with Gasteiger partial charge in [0, 0.05) is 22.0 Å². The highest BCUT2D eigenvalue weighted by Crippen LogP contribution is 2.39. The topological polar surface area (TPSA) is 4.93 Å². The molecule has 1 aromatic heterocycles. The molecular weight excluding hydrogens is 470 g/mol. The minimum atomic E-state index is 1.18. The van der Waals surface area contributed by atoms with Gasteiger partial charge in [0.05, 0.1) is 11.0 Å².